The van der Waals surface area contributed by atoms with E-state index in [2.05, 4.69) is 4.98 Å². The lowest BCUT2D eigenvalue weighted by Crippen LogP contribution is -2.07. The highest BCUT2D eigenvalue weighted by atomic mass is 32.2. The maximum absolute atomic E-state index is 12.1. The van der Waals surface area contributed by atoms with Gasteiger partial charge in [-0.1, -0.05) is 0 Å². The maximum Gasteiger partial charge on any atom is 0.441 e. The van der Waals surface area contributed by atoms with Crippen LogP contribution in [0, 0.1) is 0 Å². The number of aryl methyl sites for hydroxylation is 1. The minimum Gasteiger partial charge on any atom is -0.399 e. The van der Waals surface area contributed by atoms with Crippen LogP contribution in [0.4, 0.5) is 18.9 Å². The van der Waals surface area contributed by atoms with Crippen LogP contribution >= 0.6 is 11.8 Å². The Morgan fingerprint density at radius 1 is 1.21 bits per heavy atom. The molecule has 102 valence electrons. The molecule has 7 heteroatoms. The first-order chi connectivity index (χ1) is 8.96. The average molecular weight is 287 g/mol. The molecule has 0 saturated carbocycles. The summed E-state index contributed by atoms with van der Waals surface area (Å²) in [6.07, 6.45) is 3.24. The van der Waals surface area contributed by atoms with E-state index in [4.69, 9.17) is 5.73 Å². The molecule has 0 spiro atoms. The van der Waals surface area contributed by atoms with Gasteiger partial charge in [-0.2, -0.15) is 13.2 Å². The molecule has 0 aliphatic carbocycles. The zero-order valence-electron chi connectivity index (χ0n) is 9.89. The summed E-state index contributed by atoms with van der Waals surface area (Å²) in [4.78, 5) is 4.16. The molecule has 2 rings (SSSR count). The molecule has 2 N–H and O–H groups in total. The number of aromatic nitrogens is 2. The molecule has 1 aromatic heterocycles. The minimum absolute atomic E-state index is 0.0305. The molecule has 0 amide bonds. The first-order valence-corrected chi connectivity index (χ1v) is 6.52. The summed E-state index contributed by atoms with van der Waals surface area (Å²) in [7, 11) is 0. The van der Waals surface area contributed by atoms with E-state index in [9.17, 15) is 13.2 Å². The molecule has 0 atom stereocenters. The van der Waals surface area contributed by atoms with Gasteiger partial charge in [0.15, 0.2) is 0 Å². The Morgan fingerprint density at radius 2 is 1.89 bits per heavy atom. The molecule has 3 nitrogen and oxygen atoms in total. The van der Waals surface area contributed by atoms with Gasteiger partial charge in [-0.05, 0) is 36.0 Å². The first kappa shape index (κ1) is 13.8. The Bertz CT molecular complexity index is 534. The maximum atomic E-state index is 12.1. The number of imidazole rings is 1. The number of nitrogens with two attached hydrogens (primary N) is 1. The van der Waals surface area contributed by atoms with Gasteiger partial charge in [-0.15, -0.1) is 0 Å². The van der Waals surface area contributed by atoms with E-state index in [1.54, 1.807) is 41.2 Å². The van der Waals surface area contributed by atoms with Crippen molar-refractivity contribution in [1.82, 2.24) is 9.55 Å². The Labute approximate surface area is 112 Å². The molecule has 0 bridgehead atoms. The van der Waals surface area contributed by atoms with Crippen LogP contribution in [0.25, 0.3) is 11.4 Å². The average Bonchev–Trinajstić information content (AvgIpc) is 2.77. The van der Waals surface area contributed by atoms with Gasteiger partial charge in [0.2, 0.25) is 0 Å². The largest absolute Gasteiger partial charge is 0.441 e. The minimum atomic E-state index is -4.19. The quantitative estimate of drug-likeness (QED) is 0.877. The second-order valence-electron chi connectivity index (χ2n) is 3.86. The van der Waals surface area contributed by atoms with Crippen LogP contribution in [-0.2, 0) is 6.54 Å². The zero-order valence-corrected chi connectivity index (χ0v) is 10.7. The highest BCUT2D eigenvalue weighted by Crippen LogP contribution is 2.30. The molecule has 0 aliphatic heterocycles. The zero-order chi connectivity index (χ0) is 13.9. The van der Waals surface area contributed by atoms with Crippen molar-refractivity contribution in [2.24, 2.45) is 0 Å². The van der Waals surface area contributed by atoms with Crippen LogP contribution < -0.4 is 5.73 Å². The lowest BCUT2D eigenvalue weighted by atomic mass is 10.2. The van der Waals surface area contributed by atoms with Gasteiger partial charge >= 0.3 is 5.51 Å². The van der Waals surface area contributed by atoms with Crippen molar-refractivity contribution in [3.05, 3.63) is 36.7 Å². The molecule has 1 aromatic carbocycles. The number of rotatable bonds is 4. The molecule has 0 aliphatic rings. The standard InChI is InChI=1S/C12H12F3N3S/c13-12(14,15)19-8-7-18-6-5-17-11(18)9-1-3-10(16)4-2-9/h1-6H,7-8,16H2. The molecule has 0 radical (unpaired) electrons. The fraction of sp³-hybridized carbons (Fsp3) is 0.250. The Morgan fingerprint density at radius 3 is 2.53 bits per heavy atom. The smallest absolute Gasteiger partial charge is 0.399 e. The topological polar surface area (TPSA) is 43.8 Å². The van der Waals surface area contributed by atoms with Gasteiger partial charge in [0.25, 0.3) is 0 Å². The molecule has 0 unspecified atom stereocenters. The van der Waals surface area contributed by atoms with Crippen LogP contribution in [0.2, 0.25) is 0 Å². The van der Waals surface area contributed by atoms with Crippen LogP contribution in [0.5, 0.6) is 0 Å². The number of nitrogens with zero attached hydrogens (tertiary/aromatic N) is 2. The van der Waals surface area contributed by atoms with Crippen LogP contribution in [0.3, 0.4) is 0 Å². The van der Waals surface area contributed by atoms with Crippen molar-refractivity contribution < 1.29 is 13.2 Å². The number of hydrogen-bond donors (Lipinski definition) is 1. The summed E-state index contributed by atoms with van der Waals surface area (Å²) in [5, 5.41) is 0. The third kappa shape index (κ3) is 3.92. The van der Waals surface area contributed by atoms with Crippen molar-refractivity contribution in [2.45, 2.75) is 12.1 Å². The fourth-order valence-corrected chi connectivity index (χ4v) is 2.16. The molecule has 2 aromatic rings. The number of halogens is 3. The third-order valence-electron chi connectivity index (χ3n) is 2.48. The van der Waals surface area contributed by atoms with E-state index in [0.717, 1.165) is 5.56 Å². The molecule has 0 saturated heterocycles. The van der Waals surface area contributed by atoms with Gasteiger partial charge in [-0.25, -0.2) is 4.98 Å². The number of hydrogen-bond acceptors (Lipinski definition) is 3. The molecular formula is C12H12F3N3S. The second-order valence-corrected chi connectivity index (χ2v) is 5.02. The van der Waals surface area contributed by atoms with Crippen LogP contribution in [0.15, 0.2) is 36.7 Å². The highest BCUT2D eigenvalue weighted by Gasteiger charge is 2.27. The van der Waals surface area contributed by atoms with E-state index < -0.39 is 5.51 Å². The predicted octanol–water partition coefficient (Wildman–Crippen LogP) is 3.39. The monoisotopic (exact) mass is 287 g/mol. The van der Waals surface area contributed by atoms with Crippen molar-refractivity contribution in [2.75, 3.05) is 11.5 Å². The van der Waals surface area contributed by atoms with Crippen molar-refractivity contribution in [3.63, 3.8) is 0 Å². The number of anilines is 1. The number of alkyl halides is 3. The third-order valence-corrected chi connectivity index (χ3v) is 3.20. The Kier molecular flexibility index (Phi) is 4.04. The summed E-state index contributed by atoms with van der Waals surface area (Å²) in [6.45, 7) is 0.254. The second kappa shape index (κ2) is 5.56. The fourth-order valence-electron chi connectivity index (χ4n) is 1.64. The summed E-state index contributed by atoms with van der Waals surface area (Å²) in [6, 6.07) is 7.06. The Balaban J connectivity index is 2.07. The van der Waals surface area contributed by atoms with E-state index in [-0.39, 0.29) is 24.1 Å². The number of thioether (sulfide) groups is 1. The normalized spacial score (nSPS) is 11.7. The predicted molar refractivity (Wildman–Crippen MR) is 70.6 cm³/mol. The summed E-state index contributed by atoms with van der Waals surface area (Å²) in [5.74, 6) is 0.602. The molecular weight excluding hydrogens is 275 g/mol. The number of benzene rings is 1. The SMILES string of the molecule is Nc1ccc(-c2nccn2CCSC(F)(F)F)cc1. The van der Waals surface area contributed by atoms with Crippen molar-refractivity contribution in [3.8, 4) is 11.4 Å². The molecule has 1 heterocycles. The van der Waals surface area contributed by atoms with E-state index in [0.29, 0.717) is 11.5 Å². The first-order valence-electron chi connectivity index (χ1n) is 5.53. The van der Waals surface area contributed by atoms with E-state index in [1.807, 2.05) is 0 Å². The van der Waals surface area contributed by atoms with Gasteiger partial charge in [0.1, 0.15) is 5.82 Å². The van der Waals surface area contributed by atoms with E-state index in [1.165, 1.54) is 0 Å². The van der Waals surface area contributed by atoms with Crippen LogP contribution in [0.1, 0.15) is 0 Å². The summed E-state index contributed by atoms with van der Waals surface area (Å²) in [5.41, 5.74) is 2.86. The van der Waals surface area contributed by atoms with Crippen LogP contribution in [-0.4, -0.2) is 20.8 Å². The van der Waals surface area contributed by atoms with Gasteiger partial charge in [0.05, 0.1) is 0 Å². The van der Waals surface area contributed by atoms with Gasteiger partial charge in [-0.3, -0.25) is 0 Å². The van der Waals surface area contributed by atoms with Crippen molar-refractivity contribution >= 4 is 17.4 Å². The number of nitrogen functional groups attached to an aromatic ring is 1. The summed E-state index contributed by atoms with van der Waals surface area (Å²) < 4.78 is 37.9. The Hall–Kier alpha value is -1.63. The highest BCUT2D eigenvalue weighted by molar-refractivity contribution is 8.00. The lowest BCUT2D eigenvalue weighted by molar-refractivity contribution is -0.0328. The van der Waals surface area contributed by atoms with Gasteiger partial charge in [0, 0.05) is 35.9 Å². The molecule has 19 heavy (non-hydrogen) atoms. The lowest BCUT2D eigenvalue weighted by Gasteiger charge is -2.09. The molecule has 0 fully saturated rings. The van der Waals surface area contributed by atoms with Gasteiger partial charge < -0.3 is 10.3 Å². The van der Waals surface area contributed by atoms with Crippen molar-refractivity contribution in [1.29, 1.82) is 0 Å². The van der Waals surface area contributed by atoms with E-state index >= 15 is 0 Å². The summed E-state index contributed by atoms with van der Waals surface area (Å²) >= 11 is -0.0305.